The molecule has 8 heteroatoms. The topological polar surface area (TPSA) is 101 Å². The predicted octanol–water partition coefficient (Wildman–Crippen LogP) is 4.75. The minimum atomic E-state index is -1.07. The van der Waals surface area contributed by atoms with Gasteiger partial charge in [-0.3, -0.25) is 5.32 Å². The number of carbonyl (C=O) groups is 2. The number of nitrogens with one attached hydrogen (secondary N) is 1. The number of carboxylic acid groups (broad SMARTS) is 1. The highest BCUT2D eigenvalue weighted by Gasteiger charge is 2.29. The summed E-state index contributed by atoms with van der Waals surface area (Å²) in [4.78, 5) is 31.7. The minimum absolute atomic E-state index is 0.0293. The normalized spacial score (nSPS) is 12.4. The van der Waals surface area contributed by atoms with Crippen molar-refractivity contribution in [2.24, 2.45) is 0 Å². The molecule has 1 aliphatic carbocycles. The maximum Gasteiger partial charge on any atom is 0.413 e. The van der Waals surface area contributed by atoms with Gasteiger partial charge in [0.05, 0.1) is 10.3 Å². The van der Waals surface area contributed by atoms with E-state index in [-0.39, 0.29) is 18.1 Å². The molecule has 0 unspecified atom stereocenters. The van der Waals surface area contributed by atoms with E-state index >= 15 is 0 Å². The zero-order chi connectivity index (χ0) is 20.7. The first-order chi connectivity index (χ1) is 14.6. The number of rotatable bonds is 4. The fourth-order valence-electron chi connectivity index (χ4n) is 3.71. The van der Waals surface area contributed by atoms with Crippen molar-refractivity contribution in [3.05, 3.63) is 77.5 Å². The van der Waals surface area contributed by atoms with Crippen LogP contribution in [0, 0.1) is 0 Å². The van der Waals surface area contributed by atoms with Crippen LogP contribution in [0.4, 0.5) is 9.93 Å². The number of fused-ring (bicyclic) bond motifs is 4. The van der Waals surface area contributed by atoms with E-state index in [1.54, 1.807) is 0 Å². The van der Waals surface area contributed by atoms with E-state index in [2.05, 4.69) is 39.6 Å². The molecule has 2 aromatic heterocycles. The van der Waals surface area contributed by atoms with Crippen LogP contribution >= 0.6 is 11.3 Å². The third-order valence-electron chi connectivity index (χ3n) is 5.05. The third kappa shape index (κ3) is 3.17. The SMILES string of the molecule is O=C(Nc1nc2ncc(C(=O)O)cc2s1)OCC1c2ccccc2-c2ccccc21. The fraction of sp³-hybridized carbons (Fsp3) is 0.0909. The van der Waals surface area contributed by atoms with Crippen LogP contribution in [0.5, 0.6) is 0 Å². The molecular formula is C22H15N3O4S. The zero-order valence-corrected chi connectivity index (χ0v) is 16.3. The number of hydrogen-bond acceptors (Lipinski definition) is 6. The summed E-state index contributed by atoms with van der Waals surface area (Å²) in [5, 5.41) is 12.0. The van der Waals surface area contributed by atoms with E-state index < -0.39 is 12.1 Å². The lowest BCUT2D eigenvalue weighted by Gasteiger charge is -2.14. The average molecular weight is 417 g/mol. The summed E-state index contributed by atoms with van der Waals surface area (Å²) in [6.45, 7) is 0.201. The molecule has 0 fully saturated rings. The quantitative estimate of drug-likeness (QED) is 0.497. The fourth-order valence-corrected chi connectivity index (χ4v) is 4.56. The molecule has 2 N–H and O–H groups in total. The van der Waals surface area contributed by atoms with Crippen LogP contribution in [0.15, 0.2) is 60.8 Å². The number of hydrogen-bond donors (Lipinski definition) is 2. The Bertz CT molecular complexity index is 1260. The Morgan fingerprint density at radius 2 is 1.73 bits per heavy atom. The second kappa shape index (κ2) is 7.23. The van der Waals surface area contributed by atoms with Crippen molar-refractivity contribution < 1.29 is 19.4 Å². The van der Waals surface area contributed by atoms with Crippen LogP contribution in [-0.4, -0.2) is 33.7 Å². The van der Waals surface area contributed by atoms with Gasteiger partial charge in [-0.2, -0.15) is 4.98 Å². The summed E-state index contributed by atoms with van der Waals surface area (Å²) in [7, 11) is 0. The molecule has 0 atom stereocenters. The van der Waals surface area contributed by atoms with Gasteiger partial charge in [-0.25, -0.2) is 14.6 Å². The molecule has 148 valence electrons. The number of ether oxygens (including phenoxy) is 1. The Balaban J connectivity index is 1.31. The van der Waals surface area contributed by atoms with Gasteiger partial charge in [0.25, 0.3) is 0 Å². The van der Waals surface area contributed by atoms with Gasteiger partial charge in [0.15, 0.2) is 10.8 Å². The Morgan fingerprint density at radius 3 is 2.40 bits per heavy atom. The number of anilines is 1. The third-order valence-corrected chi connectivity index (χ3v) is 5.95. The summed E-state index contributed by atoms with van der Waals surface area (Å²) in [6.07, 6.45) is 0.621. The number of amides is 1. The molecule has 0 saturated heterocycles. The molecule has 0 saturated carbocycles. The molecule has 1 aliphatic rings. The highest BCUT2D eigenvalue weighted by molar-refractivity contribution is 7.22. The van der Waals surface area contributed by atoms with Crippen molar-refractivity contribution in [3.63, 3.8) is 0 Å². The van der Waals surface area contributed by atoms with E-state index in [1.807, 2.05) is 24.3 Å². The lowest BCUT2D eigenvalue weighted by atomic mass is 9.98. The van der Waals surface area contributed by atoms with Crippen molar-refractivity contribution in [1.29, 1.82) is 0 Å². The summed E-state index contributed by atoms with van der Waals surface area (Å²) in [5.41, 5.74) is 5.04. The molecule has 0 bridgehead atoms. The van der Waals surface area contributed by atoms with Gasteiger partial charge in [0, 0.05) is 12.1 Å². The molecule has 2 aromatic carbocycles. The molecule has 5 rings (SSSR count). The van der Waals surface area contributed by atoms with Gasteiger partial charge in [-0.15, -0.1) is 0 Å². The van der Waals surface area contributed by atoms with E-state index in [0.29, 0.717) is 15.5 Å². The first-order valence-electron chi connectivity index (χ1n) is 9.22. The molecule has 2 heterocycles. The molecule has 0 spiro atoms. The van der Waals surface area contributed by atoms with Gasteiger partial charge in [-0.05, 0) is 28.3 Å². The van der Waals surface area contributed by atoms with E-state index in [4.69, 9.17) is 9.84 Å². The maximum atomic E-state index is 12.4. The first-order valence-corrected chi connectivity index (χ1v) is 10.0. The highest BCUT2D eigenvalue weighted by Crippen LogP contribution is 2.44. The van der Waals surface area contributed by atoms with Crippen molar-refractivity contribution in [3.8, 4) is 11.1 Å². The second-order valence-electron chi connectivity index (χ2n) is 6.82. The van der Waals surface area contributed by atoms with Crippen LogP contribution in [-0.2, 0) is 4.74 Å². The van der Waals surface area contributed by atoms with Gasteiger partial charge in [0.1, 0.15) is 6.61 Å². The van der Waals surface area contributed by atoms with E-state index in [1.165, 1.54) is 12.3 Å². The largest absolute Gasteiger partial charge is 0.478 e. The van der Waals surface area contributed by atoms with Crippen LogP contribution in [0.25, 0.3) is 21.5 Å². The predicted molar refractivity (Wildman–Crippen MR) is 113 cm³/mol. The molecule has 0 radical (unpaired) electrons. The molecule has 7 nitrogen and oxygen atoms in total. The van der Waals surface area contributed by atoms with Crippen molar-refractivity contribution >= 4 is 38.9 Å². The molecule has 1 amide bonds. The second-order valence-corrected chi connectivity index (χ2v) is 7.85. The first kappa shape index (κ1) is 18.3. The smallest absolute Gasteiger partial charge is 0.413 e. The van der Waals surface area contributed by atoms with Crippen molar-refractivity contribution in [2.75, 3.05) is 11.9 Å². The number of pyridine rings is 1. The average Bonchev–Trinajstić information content (AvgIpc) is 3.30. The highest BCUT2D eigenvalue weighted by atomic mass is 32.1. The molecular weight excluding hydrogens is 402 g/mol. The Kier molecular flexibility index (Phi) is 4.40. The Labute approximate surface area is 175 Å². The number of aromatic nitrogens is 2. The standard InChI is InChI=1S/C22H15N3O4S/c26-20(27)12-9-18-19(23-10-12)24-21(30-18)25-22(28)29-11-17-15-7-3-1-5-13(15)14-6-2-4-8-16(14)17/h1-10,17H,11H2,(H,26,27)(H,23,24,25,28). The van der Waals surface area contributed by atoms with Crippen molar-refractivity contribution in [1.82, 2.24) is 9.97 Å². The van der Waals surface area contributed by atoms with Crippen molar-refractivity contribution in [2.45, 2.75) is 5.92 Å². The minimum Gasteiger partial charge on any atom is -0.478 e. The zero-order valence-electron chi connectivity index (χ0n) is 15.5. The van der Waals surface area contributed by atoms with Gasteiger partial charge < -0.3 is 9.84 Å². The summed E-state index contributed by atoms with van der Waals surface area (Å²) in [5.74, 6) is -1.10. The Hall–Kier alpha value is -3.78. The van der Waals surface area contributed by atoms with E-state index in [0.717, 1.165) is 33.6 Å². The monoisotopic (exact) mass is 417 g/mol. The summed E-state index contributed by atoms with van der Waals surface area (Å²) < 4.78 is 6.08. The van der Waals surface area contributed by atoms with Crippen LogP contribution in [0.1, 0.15) is 27.4 Å². The lowest BCUT2D eigenvalue weighted by molar-refractivity contribution is 0.0696. The number of carboxylic acids is 1. The maximum absolute atomic E-state index is 12.4. The summed E-state index contributed by atoms with van der Waals surface area (Å²) >= 11 is 1.14. The number of benzene rings is 2. The van der Waals surface area contributed by atoms with Gasteiger partial charge in [-0.1, -0.05) is 59.9 Å². The summed E-state index contributed by atoms with van der Waals surface area (Å²) in [6, 6.07) is 17.7. The van der Waals surface area contributed by atoms with Gasteiger partial charge >= 0.3 is 12.1 Å². The van der Waals surface area contributed by atoms with Gasteiger partial charge in [0.2, 0.25) is 0 Å². The number of nitrogens with zero attached hydrogens (tertiary/aromatic N) is 2. The van der Waals surface area contributed by atoms with E-state index in [9.17, 15) is 9.59 Å². The van der Waals surface area contributed by atoms with Crippen LogP contribution in [0.3, 0.4) is 0 Å². The molecule has 0 aliphatic heterocycles. The Morgan fingerprint density at radius 1 is 1.07 bits per heavy atom. The number of thiazole rings is 1. The number of carbonyl (C=O) groups excluding carboxylic acids is 1. The number of aromatic carboxylic acids is 1. The van der Waals surface area contributed by atoms with Crippen LogP contribution in [0.2, 0.25) is 0 Å². The molecule has 4 aromatic rings. The molecule has 30 heavy (non-hydrogen) atoms. The lowest BCUT2D eigenvalue weighted by Crippen LogP contribution is -2.17. The van der Waals surface area contributed by atoms with Crippen LogP contribution < -0.4 is 5.32 Å².